The number of aromatic nitrogens is 2. The molecule has 0 spiro atoms. The van der Waals surface area contributed by atoms with E-state index >= 15 is 0 Å². The van der Waals surface area contributed by atoms with Gasteiger partial charge in [-0.3, -0.25) is 14.2 Å². The van der Waals surface area contributed by atoms with Gasteiger partial charge in [-0.25, -0.2) is 4.98 Å². The van der Waals surface area contributed by atoms with E-state index in [0.29, 0.717) is 18.1 Å². The minimum Gasteiger partial charge on any atom is -0.396 e. The summed E-state index contributed by atoms with van der Waals surface area (Å²) in [6.07, 6.45) is 5.54. The van der Waals surface area contributed by atoms with E-state index in [0.717, 1.165) is 43.3 Å². The van der Waals surface area contributed by atoms with Gasteiger partial charge >= 0.3 is 0 Å². The number of rotatable bonds is 6. The molecule has 4 rings (SSSR count). The molecular formula is C21H35N5OS. The molecule has 2 saturated heterocycles. The van der Waals surface area contributed by atoms with Crippen molar-refractivity contribution in [2.45, 2.75) is 64.7 Å². The normalized spacial score (nSPS) is 24.0. The number of hydrogen-bond acceptors (Lipinski definition) is 6. The highest BCUT2D eigenvalue weighted by atomic mass is 32.1. The number of fused-ring (bicyclic) bond motifs is 1. The summed E-state index contributed by atoms with van der Waals surface area (Å²) in [5.74, 6) is 0. The Labute approximate surface area is 172 Å². The first-order valence-corrected chi connectivity index (χ1v) is 11.7. The number of piperidine rings is 1. The summed E-state index contributed by atoms with van der Waals surface area (Å²) in [6, 6.07) is 1.79. The van der Waals surface area contributed by atoms with Crippen molar-refractivity contribution in [3.63, 3.8) is 0 Å². The van der Waals surface area contributed by atoms with Crippen molar-refractivity contribution in [3.05, 3.63) is 23.0 Å². The zero-order chi connectivity index (χ0) is 19.7. The van der Waals surface area contributed by atoms with Gasteiger partial charge in [-0.05, 0) is 53.1 Å². The first-order chi connectivity index (χ1) is 13.6. The Morgan fingerprint density at radius 1 is 1.21 bits per heavy atom. The number of aliphatic hydroxyl groups is 1. The highest BCUT2D eigenvalue weighted by molar-refractivity contribution is 7.15. The molecule has 0 radical (unpaired) electrons. The fourth-order valence-electron chi connectivity index (χ4n) is 5.04. The van der Waals surface area contributed by atoms with Crippen LogP contribution >= 0.6 is 11.3 Å². The molecule has 0 amide bonds. The van der Waals surface area contributed by atoms with Crippen LogP contribution in [0.25, 0.3) is 4.96 Å². The summed E-state index contributed by atoms with van der Waals surface area (Å²) >= 11 is 1.70. The van der Waals surface area contributed by atoms with Gasteiger partial charge in [-0.2, -0.15) is 0 Å². The number of likely N-dealkylation sites (tertiary alicyclic amines) is 1. The molecule has 2 fully saturated rings. The monoisotopic (exact) mass is 405 g/mol. The number of hydrogen-bond donors (Lipinski definition) is 1. The van der Waals surface area contributed by atoms with Gasteiger partial charge in [0.25, 0.3) is 0 Å². The lowest BCUT2D eigenvalue weighted by molar-refractivity contribution is -0.000448. The van der Waals surface area contributed by atoms with Crippen LogP contribution in [-0.2, 0) is 6.54 Å². The quantitative estimate of drug-likeness (QED) is 0.800. The van der Waals surface area contributed by atoms with Gasteiger partial charge in [0.15, 0.2) is 4.96 Å². The Bertz CT molecular complexity index is 764. The van der Waals surface area contributed by atoms with Crippen LogP contribution in [0.1, 0.15) is 44.5 Å². The molecule has 2 aromatic heterocycles. The fourth-order valence-corrected chi connectivity index (χ4v) is 5.82. The molecule has 0 aliphatic carbocycles. The topological polar surface area (TPSA) is 47.2 Å². The van der Waals surface area contributed by atoms with Crippen LogP contribution in [0.4, 0.5) is 0 Å². The molecule has 0 saturated carbocycles. The first-order valence-electron chi connectivity index (χ1n) is 10.8. The van der Waals surface area contributed by atoms with Crippen LogP contribution < -0.4 is 0 Å². The molecule has 1 atom stereocenters. The van der Waals surface area contributed by atoms with Gasteiger partial charge in [-0.1, -0.05) is 0 Å². The van der Waals surface area contributed by atoms with E-state index in [4.69, 9.17) is 4.98 Å². The molecule has 2 aliphatic rings. The summed E-state index contributed by atoms with van der Waals surface area (Å²) in [4.78, 5) is 13.7. The van der Waals surface area contributed by atoms with E-state index in [1.807, 2.05) is 0 Å². The number of aryl methyl sites for hydroxylation is 1. The smallest absolute Gasteiger partial charge is 0.194 e. The van der Waals surface area contributed by atoms with Crippen molar-refractivity contribution in [1.29, 1.82) is 0 Å². The second-order valence-corrected chi connectivity index (χ2v) is 9.57. The van der Waals surface area contributed by atoms with Gasteiger partial charge in [0.05, 0.1) is 11.4 Å². The average molecular weight is 406 g/mol. The fraction of sp³-hybridized carbons (Fsp3) is 0.762. The van der Waals surface area contributed by atoms with Crippen molar-refractivity contribution >= 4 is 16.3 Å². The van der Waals surface area contributed by atoms with E-state index < -0.39 is 0 Å². The van der Waals surface area contributed by atoms with Gasteiger partial charge < -0.3 is 10.0 Å². The van der Waals surface area contributed by atoms with Crippen molar-refractivity contribution in [1.82, 2.24) is 24.1 Å². The molecule has 1 N–H and O–H groups in total. The lowest BCUT2D eigenvalue weighted by atomic mass is 9.97. The Morgan fingerprint density at radius 3 is 2.71 bits per heavy atom. The van der Waals surface area contributed by atoms with Crippen molar-refractivity contribution in [2.75, 3.05) is 39.3 Å². The summed E-state index contributed by atoms with van der Waals surface area (Å²) in [6.45, 7) is 13.6. The SMILES string of the molecule is Cc1nc2sccn2c1CN1CCN(C2CCN(C(C)C)CC2)C(CCO)C1. The molecule has 1 unspecified atom stereocenters. The van der Waals surface area contributed by atoms with E-state index in [1.54, 1.807) is 11.3 Å². The van der Waals surface area contributed by atoms with Crippen LogP contribution in [0.3, 0.4) is 0 Å². The molecule has 2 aliphatic heterocycles. The minimum absolute atomic E-state index is 0.278. The largest absolute Gasteiger partial charge is 0.396 e. The molecule has 2 aromatic rings. The predicted octanol–water partition coefficient (Wildman–Crippen LogP) is 2.45. The lowest BCUT2D eigenvalue weighted by Crippen LogP contribution is -2.58. The third-order valence-electron chi connectivity index (χ3n) is 6.71. The van der Waals surface area contributed by atoms with Gasteiger partial charge in [0, 0.05) is 62.5 Å². The number of nitrogens with zero attached hydrogens (tertiary/aromatic N) is 5. The molecular weight excluding hydrogens is 370 g/mol. The van der Waals surface area contributed by atoms with Crippen LogP contribution in [0.5, 0.6) is 0 Å². The van der Waals surface area contributed by atoms with Crippen molar-refractivity contribution in [3.8, 4) is 0 Å². The molecule has 6 nitrogen and oxygen atoms in total. The van der Waals surface area contributed by atoms with Crippen LogP contribution in [-0.4, -0.2) is 86.6 Å². The van der Waals surface area contributed by atoms with Crippen molar-refractivity contribution in [2.24, 2.45) is 0 Å². The third kappa shape index (κ3) is 4.14. The number of aliphatic hydroxyl groups excluding tert-OH is 1. The summed E-state index contributed by atoms with van der Waals surface area (Å²) < 4.78 is 2.25. The molecule has 156 valence electrons. The Morgan fingerprint density at radius 2 is 2.00 bits per heavy atom. The second-order valence-electron chi connectivity index (χ2n) is 8.70. The Kier molecular flexibility index (Phi) is 6.37. The van der Waals surface area contributed by atoms with Crippen LogP contribution in [0, 0.1) is 6.92 Å². The van der Waals surface area contributed by atoms with E-state index in [-0.39, 0.29) is 6.61 Å². The summed E-state index contributed by atoms with van der Waals surface area (Å²) in [5, 5.41) is 11.8. The summed E-state index contributed by atoms with van der Waals surface area (Å²) in [7, 11) is 0. The average Bonchev–Trinajstić information content (AvgIpc) is 3.25. The second kappa shape index (κ2) is 8.79. The zero-order valence-electron chi connectivity index (χ0n) is 17.5. The first kappa shape index (κ1) is 20.3. The maximum Gasteiger partial charge on any atom is 0.194 e. The number of piperazine rings is 1. The predicted molar refractivity (Wildman–Crippen MR) is 115 cm³/mol. The third-order valence-corrected chi connectivity index (χ3v) is 7.46. The maximum atomic E-state index is 9.68. The summed E-state index contributed by atoms with van der Waals surface area (Å²) in [5.41, 5.74) is 2.46. The van der Waals surface area contributed by atoms with Crippen molar-refractivity contribution < 1.29 is 5.11 Å². The standard InChI is InChI=1S/C21H35N5OS/c1-16(2)24-7-4-18(5-8-24)25-10-9-23(14-19(25)6-12-27)15-20-17(3)22-21-26(20)11-13-28-21/h11,13,16,18-19,27H,4-10,12,14-15H2,1-3H3. The Balaban J connectivity index is 1.40. The molecule has 0 bridgehead atoms. The number of thiazole rings is 1. The molecule has 28 heavy (non-hydrogen) atoms. The Hall–Kier alpha value is -0.990. The molecule has 4 heterocycles. The van der Waals surface area contributed by atoms with Crippen LogP contribution in [0.15, 0.2) is 11.6 Å². The molecule has 7 heteroatoms. The minimum atomic E-state index is 0.278. The van der Waals surface area contributed by atoms with Gasteiger partial charge in [-0.15, -0.1) is 11.3 Å². The van der Waals surface area contributed by atoms with E-state index in [2.05, 4.69) is 51.4 Å². The highest BCUT2D eigenvalue weighted by Crippen LogP contribution is 2.26. The van der Waals surface area contributed by atoms with E-state index in [1.165, 1.54) is 31.6 Å². The van der Waals surface area contributed by atoms with Crippen LogP contribution in [0.2, 0.25) is 0 Å². The van der Waals surface area contributed by atoms with Gasteiger partial charge in [0.1, 0.15) is 0 Å². The lowest BCUT2D eigenvalue weighted by Gasteiger charge is -2.48. The molecule has 0 aromatic carbocycles. The number of imidazole rings is 1. The zero-order valence-corrected chi connectivity index (χ0v) is 18.4. The maximum absolute atomic E-state index is 9.68. The van der Waals surface area contributed by atoms with E-state index in [9.17, 15) is 5.11 Å². The van der Waals surface area contributed by atoms with Gasteiger partial charge in [0.2, 0.25) is 0 Å². The highest BCUT2D eigenvalue weighted by Gasteiger charge is 2.34.